The van der Waals surface area contributed by atoms with E-state index in [1.54, 1.807) is 27.0 Å². The molecule has 2 rings (SSSR count). The summed E-state index contributed by atoms with van der Waals surface area (Å²) in [7, 11) is 3.44. The van der Waals surface area contributed by atoms with Crippen molar-refractivity contribution in [1.29, 1.82) is 5.41 Å². The SMILES string of the molecule is CCOC(=O)CN(C)/C(C)=C(/Cc1ccc(OC)c(-c2cccc(NO)c2)c1)C(C)=N. The molecule has 7 heteroatoms. The van der Waals surface area contributed by atoms with Gasteiger partial charge in [0.05, 0.1) is 19.4 Å². The number of methoxy groups -OCH3 is 1. The van der Waals surface area contributed by atoms with Crippen molar-refractivity contribution in [3.8, 4) is 16.9 Å². The van der Waals surface area contributed by atoms with Gasteiger partial charge in [0, 0.05) is 30.4 Å². The van der Waals surface area contributed by atoms with Gasteiger partial charge >= 0.3 is 5.97 Å². The van der Waals surface area contributed by atoms with E-state index in [0.717, 1.165) is 28.0 Å². The number of esters is 1. The second kappa shape index (κ2) is 11.2. The molecule has 7 nitrogen and oxygen atoms in total. The Morgan fingerprint density at radius 1 is 1.19 bits per heavy atom. The summed E-state index contributed by atoms with van der Waals surface area (Å²) in [5, 5.41) is 17.5. The smallest absolute Gasteiger partial charge is 0.325 e. The topological polar surface area (TPSA) is 94.9 Å². The van der Waals surface area contributed by atoms with Gasteiger partial charge in [-0.2, -0.15) is 0 Å². The predicted octanol–water partition coefficient (Wildman–Crippen LogP) is 4.51. The minimum atomic E-state index is -0.296. The van der Waals surface area contributed by atoms with E-state index in [4.69, 9.17) is 14.9 Å². The lowest BCUT2D eigenvalue weighted by Crippen LogP contribution is -2.28. The lowest BCUT2D eigenvalue weighted by molar-refractivity contribution is -0.143. The van der Waals surface area contributed by atoms with Crippen LogP contribution in [0.3, 0.4) is 0 Å². The van der Waals surface area contributed by atoms with Crippen LogP contribution in [-0.4, -0.2) is 49.1 Å². The summed E-state index contributed by atoms with van der Waals surface area (Å²) in [5.74, 6) is 0.419. The van der Waals surface area contributed by atoms with Gasteiger partial charge in [0.25, 0.3) is 0 Å². The summed E-state index contributed by atoms with van der Waals surface area (Å²) in [6.45, 7) is 5.91. The van der Waals surface area contributed by atoms with Gasteiger partial charge in [0.15, 0.2) is 0 Å². The van der Waals surface area contributed by atoms with Crippen molar-refractivity contribution < 1.29 is 19.5 Å². The van der Waals surface area contributed by atoms with Crippen LogP contribution in [0.4, 0.5) is 5.69 Å². The summed E-state index contributed by atoms with van der Waals surface area (Å²) in [6.07, 6.45) is 0.531. The standard InChI is InChI=1S/C24H31N3O4/c1-6-31-24(28)15-27(4)17(3)21(16(2)25)12-18-10-11-23(30-5)22(13-18)19-8-7-9-20(14-19)26-29/h7-11,13-14,25-26,29H,6,12,15H2,1-5H3/b21-17-,25-16?. The maximum atomic E-state index is 11.9. The second-order valence-electron chi connectivity index (χ2n) is 7.25. The molecule has 0 atom stereocenters. The van der Waals surface area contributed by atoms with Crippen molar-refractivity contribution in [3.63, 3.8) is 0 Å². The van der Waals surface area contributed by atoms with Crippen LogP contribution in [0, 0.1) is 5.41 Å². The molecule has 3 N–H and O–H groups in total. The van der Waals surface area contributed by atoms with Gasteiger partial charge in [-0.25, -0.2) is 0 Å². The molecular formula is C24H31N3O4. The Labute approximate surface area is 183 Å². The molecule has 0 heterocycles. The molecule has 0 spiro atoms. The van der Waals surface area contributed by atoms with Gasteiger partial charge < -0.3 is 19.8 Å². The highest BCUT2D eigenvalue weighted by molar-refractivity contribution is 5.96. The molecule has 0 amide bonds. The average Bonchev–Trinajstić information content (AvgIpc) is 2.76. The van der Waals surface area contributed by atoms with Crippen LogP contribution in [-0.2, 0) is 16.0 Å². The second-order valence-corrected chi connectivity index (χ2v) is 7.25. The van der Waals surface area contributed by atoms with Gasteiger partial charge in [0.2, 0.25) is 0 Å². The molecule has 0 radical (unpaired) electrons. The molecule has 2 aromatic rings. The fraction of sp³-hybridized carbons (Fsp3) is 0.333. The van der Waals surface area contributed by atoms with Crippen molar-refractivity contribution in [2.75, 3.05) is 32.8 Å². The number of ether oxygens (including phenoxy) is 2. The molecule has 31 heavy (non-hydrogen) atoms. The van der Waals surface area contributed by atoms with E-state index in [-0.39, 0.29) is 12.5 Å². The largest absolute Gasteiger partial charge is 0.496 e. The molecule has 0 saturated heterocycles. The monoisotopic (exact) mass is 425 g/mol. The molecule has 0 aliphatic heterocycles. The van der Waals surface area contributed by atoms with Gasteiger partial charge in [-0.3, -0.25) is 15.5 Å². The Hall–Kier alpha value is -3.32. The van der Waals surface area contributed by atoms with Crippen LogP contribution < -0.4 is 10.2 Å². The van der Waals surface area contributed by atoms with Crippen LogP contribution in [0.1, 0.15) is 26.3 Å². The number of rotatable bonds is 10. The van der Waals surface area contributed by atoms with E-state index in [2.05, 4.69) is 5.48 Å². The summed E-state index contributed by atoms with van der Waals surface area (Å²) < 4.78 is 10.6. The van der Waals surface area contributed by atoms with Gasteiger partial charge in [0.1, 0.15) is 12.3 Å². The van der Waals surface area contributed by atoms with E-state index in [1.165, 1.54) is 0 Å². The van der Waals surface area contributed by atoms with Crippen molar-refractivity contribution in [2.45, 2.75) is 27.2 Å². The Bertz CT molecular complexity index is 969. The molecule has 0 unspecified atom stereocenters. The van der Waals surface area contributed by atoms with Crippen LogP contribution in [0.25, 0.3) is 11.1 Å². The first-order valence-corrected chi connectivity index (χ1v) is 10.1. The zero-order valence-electron chi connectivity index (χ0n) is 18.8. The first-order valence-electron chi connectivity index (χ1n) is 10.1. The Morgan fingerprint density at radius 3 is 2.55 bits per heavy atom. The van der Waals surface area contributed by atoms with Crippen molar-refractivity contribution >= 4 is 17.4 Å². The van der Waals surface area contributed by atoms with Crippen molar-refractivity contribution in [3.05, 3.63) is 59.3 Å². The third-order valence-electron chi connectivity index (χ3n) is 5.08. The maximum absolute atomic E-state index is 11.9. The molecule has 0 aliphatic carbocycles. The molecular weight excluding hydrogens is 394 g/mol. The minimum absolute atomic E-state index is 0.130. The third-order valence-corrected chi connectivity index (χ3v) is 5.08. The van der Waals surface area contributed by atoms with E-state index in [0.29, 0.717) is 30.2 Å². The number of allylic oxidation sites excluding steroid dienone is 2. The summed E-state index contributed by atoms with van der Waals surface area (Å²) >= 11 is 0. The number of anilines is 1. The molecule has 2 aromatic carbocycles. The quantitative estimate of drug-likeness (QED) is 0.294. The van der Waals surface area contributed by atoms with Crippen LogP contribution in [0.2, 0.25) is 0 Å². The normalized spacial score (nSPS) is 11.4. The number of benzene rings is 2. The van der Waals surface area contributed by atoms with E-state index >= 15 is 0 Å². The predicted molar refractivity (Wildman–Crippen MR) is 123 cm³/mol. The van der Waals surface area contributed by atoms with Crippen molar-refractivity contribution in [1.82, 2.24) is 4.90 Å². The van der Waals surface area contributed by atoms with Crippen molar-refractivity contribution in [2.24, 2.45) is 0 Å². The van der Waals surface area contributed by atoms with E-state index < -0.39 is 0 Å². The first-order chi connectivity index (χ1) is 14.8. The van der Waals surface area contributed by atoms with Gasteiger partial charge in [-0.05, 0) is 61.7 Å². The van der Waals surface area contributed by atoms with Gasteiger partial charge in [-0.1, -0.05) is 18.2 Å². The fourth-order valence-corrected chi connectivity index (χ4v) is 3.33. The van der Waals surface area contributed by atoms with Crippen LogP contribution >= 0.6 is 0 Å². The lowest BCUT2D eigenvalue weighted by Gasteiger charge is -2.23. The molecule has 0 aromatic heterocycles. The molecule has 166 valence electrons. The zero-order chi connectivity index (χ0) is 23.0. The number of carbonyl (C=O) groups is 1. The Kier molecular flexibility index (Phi) is 8.63. The summed E-state index contributed by atoms with van der Waals surface area (Å²) in [5.41, 5.74) is 7.67. The molecule has 0 fully saturated rings. The molecule has 0 bridgehead atoms. The Balaban J connectivity index is 2.40. The average molecular weight is 426 g/mol. The minimum Gasteiger partial charge on any atom is -0.496 e. The highest BCUT2D eigenvalue weighted by Gasteiger charge is 2.15. The maximum Gasteiger partial charge on any atom is 0.325 e. The first kappa shape index (κ1) is 24.0. The number of nitrogens with one attached hydrogen (secondary N) is 2. The highest BCUT2D eigenvalue weighted by atomic mass is 16.5. The molecule has 0 aliphatic rings. The molecule has 0 saturated carbocycles. The van der Waals surface area contributed by atoms with E-state index in [1.807, 2.05) is 55.3 Å². The summed E-state index contributed by atoms with van der Waals surface area (Å²) in [4.78, 5) is 13.7. The van der Waals surface area contributed by atoms with Crippen LogP contribution in [0.5, 0.6) is 5.75 Å². The number of hydrogen-bond acceptors (Lipinski definition) is 7. The number of hydrogen-bond donors (Lipinski definition) is 3. The van der Waals surface area contributed by atoms with Crippen LogP contribution in [0.15, 0.2) is 53.7 Å². The third kappa shape index (κ3) is 6.33. The summed E-state index contributed by atoms with van der Waals surface area (Å²) in [6, 6.07) is 13.3. The fourth-order valence-electron chi connectivity index (χ4n) is 3.33. The number of nitrogens with zero attached hydrogens (tertiary/aromatic N) is 1. The number of carbonyl (C=O) groups excluding carboxylic acids is 1. The van der Waals surface area contributed by atoms with Gasteiger partial charge in [-0.15, -0.1) is 0 Å². The number of likely N-dealkylation sites (N-methyl/N-ethyl adjacent to an activating group) is 1. The van der Waals surface area contributed by atoms with E-state index in [9.17, 15) is 10.0 Å². The highest BCUT2D eigenvalue weighted by Crippen LogP contribution is 2.33. The zero-order valence-corrected chi connectivity index (χ0v) is 18.8. The Morgan fingerprint density at radius 2 is 1.94 bits per heavy atom. The lowest BCUT2D eigenvalue weighted by atomic mass is 9.95.